The number of hydrogen-bond acceptors (Lipinski definition) is 2. The number of nitrogens with one attached hydrogen (secondary N) is 1. The quantitative estimate of drug-likeness (QED) is 0.723. The molecule has 2 heteroatoms. The maximum absolute atomic E-state index is 6.01. The van der Waals surface area contributed by atoms with Crippen molar-refractivity contribution in [3.63, 3.8) is 0 Å². The Kier molecular flexibility index (Phi) is 3.83. The summed E-state index contributed by atoms with van der Waals surface area (Å²) in [5.74, 6) is 0.559. The minimum absolute atomic E-state index is 0. The Morgan fingerprint density at radius 3 is 2.40 bits per heavy atom. The van der Waals surface area contributed by atoms with E-state index in [4.69, 9.17) is 4.74 Å². The van der Waals surface area contributed by atoms with Gasteiger partial charge in [0.25, 0.3) is 0 Å². The van der Waals surface area contributed by atoms with Gasteiger partial charge < -0.3 is 10.1 Å². The monoisotopic (exact) mass is 213 g/mol. The van der Waals surface area contributed by atoms with E-state index < -0.39 is 0 Å². The molecular weight excluding hydrogens is 186 g/mol. The van der Waals surface area contributed by atoms with E-state index >= 15 is 0 Å². The van der Waals surface area contributed by atoms with Crippen LogP contribution in [0.5, 0.6) is 0 Å². The van der Waals surface area contributed by atoms with Gasteiger partial charge in [-0.15, -0.1) is 0 Å². The fourth-order valence-electron chi connectivity index (χ4n) is 2.00. The molecule has 0 aliphatic carbocycles. The van der Waals surface area contributed by atoms with Crippen LogP contribution in [0.4, 0.5) is 0 Å². The van der Waals surface area contributed by atoms with Crippen molar-refractivity contribution < 1.29 is 4.74 Å². The summed E-state index contributed by atoms with van der Waals surface area (Å²) < 4.78 is 6.01. The second-order valence-electron chi connectivity index (χ2n) is 6.40. The largest absolute Gasteiger partial charge is 0.374 e. The number of rotatable bonds is 1. The highest BCUT2D eigenvalue weighted by Crippen LogP contribution is 2.28. The second kappa shape index (κ2) is 4.42. The van der Waals surface area contributed by atoms with E-state index in [0.29, 0.717) is 17.4 Å². The maximum atomic E-state index is 6.01. The molecule has 1 heterocycles. The molecule has 0 aromatic carbocycles. The van der Waals surface area contributed by atoms with E-state index in [2.05, 4.69) is 46.9 Å². The topological polar surface area (TPSA) is 21.3 Å². The van der Waals surface area contributed by atoms with Crippen molar-refractivity contribution in [3.05, 3.63) is 0 Å². The summed E-state index contributed by atoms with van der Waals surface area (Å²) in [7, 11) is 0. The van der Waals surface area contributed by atoms with E-state index in [-0.39, 0.29) is 5.60 Å². The molecule has 0 aromatic rings. The summed E-state index contributed by atoms with van der Waals surface area (Å²) in [6.45, 7) is 15.4. The fraction of sp³-hybridized carbons (Fsp3) is 1.00. The Morgan fingerprint density at radius 2 is 1.93 bits per heavy atom. The summed E-state index contributed by atoms with van der Waals surface area (Å²) in [4.78, 5) is 0. The summed E-state index contributed by atoms with van der Waals surface area (Å²) in [5, 5.41) is 3.67. The van der Waals surface area contributed by atoms with Crippen LogP contribution in [0.3, 0.4) is 0 Å². The Balaban J connectivity index is 2.64. The van der Waals surface area contributed by atoms with Gasteiger partial charge in [-0.2, -0.15) is 0 Å². The predicted octanol–water partition coefficient (Wildman–Crippen LogP) is 2.83. The average molecular weight is 213 g/mol. The molecule has 0 bridgehead atoms. The van der Waals surface area contributed by atoms with Crippen molar-refractivity contribution in [1.82, 2.24) is 5.32 Å². The zero-order valence-electron chi connectivity index (χ0n) is 11.2. The molecule has 0 spiro atoms. The van der Waals surface area contributed by atoms with Crippen LogP contribution in [0.2, 0.25) is 0 Å². The molecule has 1 N–H and O–H groups in total. The maximum Gasteiger partial charge on any atom is 0.0801 e. The van der Waals surface area contributed by atoms with Crippen molar-refractivity contribution in [3.8, 4) is 0 Å². The molecule has 0 aromatic heterocycles. The van der Waals surface area contributed by atoms with Crippen molar-refractivity contribution in [2.45, 2.75) is 59.6 Å². The van der Waals surface area contributed by atoms with Gasteiger partial charge in [0.15, 0.2) is 0 Å². The summed E-state index contributed by atoms with van der Waals surface area (Å²) in [5.41, 5.74) is 0.325. The predicted molar refractivity (Wildman–Crippen MR) is 65.1 cm³/mol. The Morgan fingerprint density at radius 1 is 1.33 bits per heavy atom. The highest BCUT2D eigenvalue weighted by atomic mass is 16.5. The lowest BCUT2D eigenvalue weighted by Gasteiger charge is -2.34. The van der Waals surface area contributed by atoms with Crippen LogP contribution in [-0.4, -0.2) is 24.8 Å². The molecule has 2 atom stereocenters. The van der Waals surface area contributed by atoms with Crippen molar-refractivity contribution in [2.75, 3.05) is 13.2 Å². The lowest BCUT2D eigenvalue weighted by Crippen LogP contribution is -2.47. The van der Waals surface area contributed by atoms with E-state index in [9.17, 15) is 0 Å². The molecule has 0 amide bonds. The number of hydrogen-bond donors (Lipinski definition) is 1. The van der Waals surface area contributed by atoms with Crippen LogP contribution in [0.1, 0.15) is 48.0 Å². The number of ether oxygens (including phenoxy) is 1. The SMILES string of the molecule is CC(C)C1(C)CNC(C(C)(C)C)CCO1. The van der Waals surface area contributed by atoms with Gasteiger partial charge in [-0.25, -0.2) is 0 Å². The molecule has 0 radical (unpaired) electrons. The lowest BCUT2D eigenvalue weighted by molar-refractivity contribution is -0.0522. The third kappa shape index (κ3) is 3.18. The normalized spacial score (nSPS) is 34.2. The van der Waals surface area contributed by atoms with Crippen LogP contribution in [0, 0.1) is 11.3 Å². The fourth-order valence-corrected chi connectivity index (χ4v) is 2.00. The first-order valence-electron chi connectivity index (χ1n) is 6.13. The first-order valence-corrected chi connectivity index (χ1v) is 6.13. The van der Waals surface area contributed by atoms with E-state index in [1.807, 2.05) is 0 Å². The third-order valence-corrected chi connectivity index (χ3v) is 3.80. The Hall–Kier alpha value is -0.0800. The first kappa shape index (κ1) is 13.0. The molecule has 2 nitrogen and oxygen atoms in total. The van der Waals surface area contributed by atoms with Gasteiger partial charge in [0.1, 0.15) is 0 Å². The van der Waals surface area contributed by atoms with Crippen LogP contribution in [0.25, 0.3) is 0 Å². The molecule has 0 saturated carbocycles. The minimum atomic E-state index is 0. The molecule has 15 heavy (non-hydrogen) atoms. The van der Waals surface area contributed by atoms with Crippen LogP contribution in [-0.2, 0) is 4.74 Å². The Bertz CT molecular complexity index is 207. The highest BCUT2D eigenvalue weighted by molar-refractivity contribution is 4.90. The zero-order chi connectivity index (χ0) is 11.7. The van der Waals surface area contributed by atoms with Gasteiger partial charge in [0.05, 0.1) is 5.60 Å². The van der Waals surface area contributed by atoms with Gasteiger partial charge in [-0.05, 0) is 24.7 Å². The summed E-state index contributed by atoms with van der Waals surface area (Å²) in [6.07, 6.45) is 1.12. The molecule has 2 unspecified atom stereocenters. The molecule has 1 rings (SSSR count). The third-order valence-electron chi connectivity index (χ3n) is 3.80. The van der Waals surface area contributed by atoms with Gasteiger partial charge >= 0.3 is 0 Å². The van der Waals surface area contributed by atoms with Gasteiger partial charge in [-0.1, -0.05) is 34.6 Å². The van der Waals surface area contributed by atoms with Gasteiger partial charge in [0, 0.05) is 19.2 Å². The zero-order valence-corrected chi connectivity index (χ0v) is 11.2. The molecular formula is C13H27NO. The standard InChI is InChI=1S/C13H27NO/c1-10(2)13(6)9-14-11(7-8-15-13)12(3,4)5/h10-11,14H,7-9H2,1-6H3. The Labute approximate surface area is 94.8 Å². The lowest BCUT2D eigenvalue weighted by atomic mass is 9.84. The minimum Gasteiger partial charge on any atom is -0.374 e. The van der Waals surface area contributed by atoms with E-state index in [1.165, 1.54) is 0 Å². The van der Waals surface area contributed by atoms with Crippen LogP contribution >= 0.6 is 0 Å². The smallest absolute Gasteiger partial charge is 0.0801 e. The van der Waals surface area contributed by atoms with Crippen molar-refractivity contribution in [2.24, 2.45) is 11.3 Å². The van der Waals surface area contributed by atoms with Crippen LogP contribution < -0.4 is 5.32 Å². The van der Waals surface area contributed by atoms with Crippen molar-refractivity contribution in [1.29, 1.82) is 0 Å². The van der Waals surface area contributed by atoms with Gasteiger partial charge in [-0.3, -0.25) is 0 Å². The van der Waals surface area contributed by atoms with Crippen molar-refractivity contribution >= 4 is 0 Å². The first-order chi connectivity index (χ1) is 6.76. The van der Waals surface area contributed by atoms with E-state index in [0.717, 1.165) is 19.6 Å². The molecule has 1 aliphatic heterocycles. The summed E-state index contributed by atoms with van der Waals surface area (Å²) in [6, 6.07) is 0.568. The molecule has 90 valence electrons. The molecule has 1 aliphatic rings. The molecule has 1 saturated heterocycles. The second-order valence-corrected chi connectivity index (χ2v) is 6.40. The summed E-state index contributed by atoms with van der Waals surface area (Å²) >= 11 is 0. The van der Waals surface area contributed by atoms with Crippen LogP contribution in [0.15, 0.2) is 0 Å². The van der Waals surface area contributed by atoms with E-state index in [1.54, 1.807) is 0 Å². The van der Waals surface area contributed by atoms with Gasteiger partial charge in [0.2, 0.25) is 0 Å². The highest BCUT2D eigenvalue weighted by Gasteiger charge is 2.35. The average Bonchev–Trinajstić information content (AvgIpc) is 2.26. The molecule has 1 fully saturated rings.